The lowest BCUT2D eigenvalue weighted by atomic mass is 10.1. The highest BCUT2D eigenvalue weighted by Crippen LogP contribution is 2.32. The van der Waals surface area contributed by atoms with Crippen LogP contribution in [0.1, 0.15) is 5.56 Å². The molecule has 0 saturated carbocycles. The van der Waals surface area contributed by atoms with Gasteiger partial charge in [-0.1, -0.05) is 0 Å². The van der Waals surface area contributed by atoms with E-state index in [-0.39, 0.29) is 5.56 Å². The van der Waals surface area contributed by atoms with E-state index in [1.165, 1.54) is 12.5 Å². The Morgan fingerprint density at radius 2 is 1.88 bits per heavy atom. The highest BCUT2D eigenvalue weighted by atomic mass is 19.4. The molecule has 2 aromatic rings. The quantitative estimate of drug-likeness (QED) is 0.748. The summed E-state index contributed by atoms with van der Waals surface area (Å²) in [6, 6.07) is 2.35. The average molecular weight is 230 g/mol. The molecule has 0 radical (unpaired) electrons. The molecule has 0 saturated heterocycles. The number of halogens is 4. The van der Waals surface area contributed by atoms with Gasteiger partial charge >= 0.3 is 6.18 Å². The molecule has 0 atom stereocenters. The molecule has 1 aromatic carbocycles. The number of aromatic amines is 1. The maximum absolute atomic E-state index is 13.0. The Kier molecular flexibility index (Phi) is 2.41. The molecular formula is C10H6F4N2. The van der Waals surface area contributed by atoms with Gasteiger partial charge in [0, 0.05) is 5.56 Å². The van der Waals surface area contributed by atoms with Crippen LogP contribution in [0.4, 0.5) is 17.6 Å². The van der Waals surface area contributed by atoms with Crippen molar-refractivity contribution in [2.75, 3.05) is 0 Å². The zero-order chi connectivity index (χ0) is 11.8. The molecule has 0 spiro atoms. The van der Waals surface area contributed by atoms with Gasteiger partial charge in [0.15, 0.2) is 0 Å². The van der Waals surface area contributed by atoms with Crippen molar-refractivity contribution in [3.8, 4) is 11.3 Å². The number of aromatic nitrogens is 2. The Bertz CT molecular complexity index is 488. The second-order valence-electron chi connectivity index (χ2n) is 3.19. The molecule has 0 amide bonds. The monoisotopic (exact) mass is 230 g/mol. The van der Waals surface area contributed by atoms with Crippen molar-refractivity contribution in [1.29, 1.82) is 0 Å². The summed E-state index contributed by atoms with van der Waals surface area (Å²) in [5.74, 6) is -0.931. The third kappa shape index (κ3) is 2.05. The Balaban J connectivity index is 2.53. The van der Waals surface area contributed by atoms with E-state index in [1.807, 2.05) is 0 Å². The van der Waals surface area contributed by atoms with Crippen molar-refractivity contribution in [2.24, 2.45) is 0 Å². The smallest absolute Gasteiger partial charge is 0.345 e. The normalized spacial score (nSPS) is 11.8. The van der Waals surface area contributed by atoms with Gasteiger partial charge in [-0.15, -0.1) is 0 Å². The number of hydrogen-bond acceptors (Lipinski definition) is 1. The summed E-state index contributed by atoms with van der Waals surface area (Å²) in [6.45, 7) is 0. The van der Waals surface area contributed by atoms with Gasteiger partial charge in [-0.05, 0) is 18.2 Å². The van der Waals surface area contributed by atoms with Crippen LogP contribution in [0.2, 0.25) is 0 Å². The minimum atomic E-state index is -4.56. The molecule has 1 aromatic heterocycles. The first-order valence-electron chi connectivity index (χ1n) is 4.33. The van der Waals surface area contributed by atoms with Crippen molar-refractivity contribution >= 4 is 0 Å². The zero-order valence-electron chi connectivity index (χ0n) is 7.85. The van der Waals surface area contributed by atoms with E-state index in [1.54, 1.807) is 0 Å². The largest absolute Gasteiger partial charge is 0.416 e. The number of benzene rings is 1. The topological polar surface area (TPSA) is 28.7 Å². The Hall–Kier alpha value is -1.85. The van der Waals surface area contributed by atoms with Crippen molar-refractivity contribution in [2.45, 2.75) is 6.18 Å². The molecule has 0 unspecified atom stereocenters. The van der Waals surface area contributed by atoms with Gasteiger partial charge in [-0.25, -0.2) is 9.37 Å². The first-order valence-corrected chi connectivity index (χ1v) is 4.33. The number of hydrogen-bond donors (Lipinski definition) is 1. The molecule has 16 heavy (non-hydrogen) atoms. The predicted octanol–water partition coefficient (Wildman–Crippen LogP) is 3.23. The molecule has 0 fully saturated rings. The van der Waals surface area contributed by atoms with E-state index in [4.69, 9.17) is 0 Å². The summed E-state index contributed by atoms with van der Waals surface area (Å²) in [6.07, 6.45) is -1.92. The standard InChI is InChI=1S/C10H6F4N2/c11-8-2-6(9-4-15-5-16-9)1-7(3-8)10(12,13)14/h1-5H,(H,15,16). The summed E-state index contributed by atoms with van der Waals surface area (Å²) < 4.78 is 50.2. The number of imidazole rings is 1. The van der Waals surface area contributed by atoms with E-state index in [2.05, 4.69) is 9.97 Å². The Labute approximate surface area is 87.9 Å². The van der Waals surface area contributed by atoms with E-state index in [0.29, 0.717) is 11.8 Å². The zero-order valence-corrected chi connectivity index (χ0v) is 7.85. The van der Waals surface area contributed by atoms with Gasteiger partial charge < -0.3 is 4.98 Å². The maximum Gasteiger partial charge on any atom is 0.416 e. The van der Waals surface area contributed by atoms with E-state index in [0.717, 1.165) is 12.1 Å². The van der Waals surface area contributed by atoms with Crippen molar-refractivity contribution in [1.82, 2.24) is 9.97 Å². The summed E-state index contributed by atoms with van der Waals surface area (Å²) >= 11 is 0. The van der Waals surface area contributed by atoms with E-state index < -0.39 is 17.6 Å². The van der Waals surface area contributed by atoms with Gasteiger partial charge in [0.2, 0.25) is 0 Å². The van der Waals surface area contributed by atoms with E-state index >= 15 is 0 Å². The Morgan fingerprint density at radius 3 is 2.44 bits per heavy atom. The second kappa shape index (κ2) is 3.62. The average Bonchev–Trinajstić information content (AvgIpc) is 2.68. The summed E-state index contributed by atoms with van der Waals surface area (Å²) in [7, 11) is 0. The molecular weight excluding hydrogens is 224 g/mol. The molecule has 2 rings (SSSR count). The van der Waals surface area contributed by atoms with Crippen LogP contribution in [0.15, 0.2) is 30.7 Å². The summed E-state index contributed by atoms with van der Waals surface area (Å²) in [4.78, 5) is 6.28. The molecule has 2 nitrogen and oxygen atoms in total. The number of nitrogens with zero attached hydrogens (tertiary/aromatic N) is 1. The molecule has 0 aliphatic carbocycles. The summed E-state index contributed by atoms with van der Waals surface area (Å²) in [5.41, 5.74) is -0.563. The minimum Gasteiger partial charge on any atom is -0.345 e. The molecule has 84 valence electrons. The minimum absolute atomic E-state index is 0.116. The van der Waals surface area contributed by atoms with E-state index in [9.17, 15) is 17.6 Å². The van der Waals surface area contributed by atoms with Crippen LogP contribution in [0.5, 0.6) is 0 Å². The highest BCUT2D eigenvalue weighted by molar-refractivity contribution is 5.59. The van der Waals surface area contributed by atoms with Crippen LogP contribution in [0.25, 0.3) is 11.3 Å². The lowest BCUT2D eigenvalue weighted by Crippen LogP contribution is -2.05. The van der Waals surface area contributed by atoms with Crippen LogP contribution in [0.3, 0.4) is 0 Å². The van der Waals surface area contributed by atoms with Crippen LogP contribution < -0.4 is 0 Å². The molecule has 1 heterocycles. The predicted molar refractivity (Wildman–Crippen MR) is 49.0 cm³/mol. The number of rotatable bonds is 1. The first kappa shape index (κ1) is 10.7. The van der Waals surface area contributed by atoms with Crippen LogP contribution in [0, 0.1) is 5.82 Å². The fraction of sp³-hybridized carbons (Fsp3) is 0.100. The molecule has 6 heteroatoms. The first-order chi connectivity index (χ1) is 7.47. The highest BCUT2D eigenvalue weighted by Gasteiger charge is 2.31. The lowest BCUT2D eigenvalue weighted by molar-refractivity contribution is -0.137. The van der Waals surface area contributed by atoms with Gasteiger partial charge in [0.05, 0.1) is 23.8 Å². The fourth-order valence-corrected chi connectivity index (χ4v) is 1.32. The molecule has 0 bridgehead atoms. The van der Waals surface area contributed by atoms with Crippen molar-refractivity contribution in [3.63, 3.8) is 0 Å². The van der Waals surface area contributed by atoms with Gasteiger partial charge in [0.1, 0.15) is 5.82 Å². The van der Waals surface area contributed by atoms with Crippen molar-refractivity contribution in [3.05, 3.63) is 42.1 Å². The van der Waals surface area contributed by atoms with Gasteiger partial charge in [-0.3, -0.25) is 0 Å². The number of alkyl halides is 3. The Morgan fingerprint density at radius 1 is 1.12 bits per heavy atom. The molecule has 0 aliphatic heterocycles. The molecule has 1 N–H and O–H groups in total. The second-order valence-corrected chi connectivity index (χ2v) is 3.19. The van der Waals surface area contributed by atoms with Crippen LogP contribution >= 0.6 is 0 Å². The van der Waals surface area contributed by atoms with Crippen molar-refractivity contribution < 1.29 is 17.6 Å². The third-order valence-corrected chi connectivity index (χ3v) is 2.03. The fourth-order valence-electron chi connectivity index (χ4n) is 1.32. The third-order valence-electron chi connectivity index (χ3n) is 2.03. The van der Waals surface area contributed by atoms with Crippen LogP contribution in [-0.4, -0.2) is 9.97 Å². The summed E-state index contributed by atoms with van der Waals surface area (Å²) in [5, 5.41) is 0. The number of nitrogens with one attached hydrogen (secondary N) is 1. The lowest BCUT2D eigenvalue weighted by Gasteiger charge is -2.08. The maximum atomic E-state index is 13.0. The van der Waals surface area contributed by atoms with Gasteiger partial charge in [0.25, 0.3) is 0 Å². The molecule has 0 aliphatic rings. The van der Waals surface area contributed by atoms with Gasteiger partial charge in [-0.2, -0.15) is 13.2 Å². The van der Waals surface area contributed by atoms with Crippen LogP contribution in [-0.2, 0) is 6.18 Å². The number of H-pyrrole nitrogens is 1. The SMILES string of the molecule is Fc1cc(-c2cnc[nH]2)cc(C(F)(F)F)c1.